The van der Waals surface area contributed by atoms with Crippen LogP contribution in [0.15, 0.2) is 18.2 Å². The van der Waals surface area contributed by atoms with Crippen molar-refractivity contribution in [2.24, 2.45) is 0 Å². The summed E-state index contributed by atoms with van der Waals surface area (Å²) in [5.41, 5.74) is 3.05. The van der Waals surface area contributed by atoms with Gasteiger partial charge in [0.15, 0.2) is 0 Å². The molecule has 104 valence electrons. The Bertz CT molecular complexity index is 456. The molecule has 2 rings (SSSR count). The van der Waals surface area contributed by atoms with Gasteiger partial charge in [0.05, 0.1) is 0 Å². The molecular formula is C16H22ClNO. The maximum Gasteiger partial charge on any atom is 0.254 e. The highest BCUT2D eigenvalue weighted by atomic mass is 35.5. The van der Waals surface area contributed by atoms with Gasteiger partial charge in [-0.25, -0.2) is 0 Å². The monoisotopic (exact) mass is 279 g/mol. The van der Waals surface area contributed by atoms with Crippen LogP contribution in [0.5, 0.6) is 0 Å². The van der Waals surface area contributed by atoms with Gasteiger partial charge in [0.1, 0.15) is 0 Å². The van der Waals surface area contributed by atoms with Crippen molar-refractivity contribution < 1.29 is 4.79 Å². The Morgan fingerprint density at radius 1 is 1.37 bits per heavy atom. The molecule has 0 N–H and O–H groups in total. The van der Waals surface area contributed by atoms with Gasteiger partial charge in [0, 0.05) is 24.0 Å². The molecule has 1 fully saturated rings. The summed E-state index contributed by atoms with van der Waals surface area (Å²) < 4.78 is 0. The zero-order valence-electron chi connectivity index (χ0n) is 11.8. The Morgan fingerprint density at radius 2 is 2.16 bits per heavy atom. The van der Waals surface area contributed by atoms with E-state index >= 15 is 0 Å². The van der Waals surface area contributed by atoms with Gasteiger partial charge in [0.25, 0.3) is 5.91 Å². The molecule has 0 radical (unpaired) electrons. The fourth-order valence-corrected chi connectivity index (χ4v) is 3.07. The number of nitrogens with zero attached hydrogens (tertiary/aromatic N) is 1. The van der Waals surface area contributed by atoms with Gasteiger partial charge in [-0.15, -0.1) is 11.6 Å². The van der Waals surface area contributed by atoms with Crippen molar-refractivity contribution in [2.45, 2.75) is 45.6 Å². The molecule has 0 spiro atoms. The largest absolute Gasteiger partial charge is 0.336 e. The van der Waals surface area contributed by atoms with Crippen LogP contribution in [-0.4, -0.2) is 29.3 Å². The second-order valence-electron chi connectivity index (χ2n) is 5.44. The molecule has 1 saturated heterocycles. The average molecular weight is 280 g/mol. The van der Waals surface area contributed by atoms with Crippen LogP contribution in [-0.2, 0) is 0 Å². The molecule has 1 aliphatic heterocycles. The SMILES string of the molecule is Cc1ccc(C)c(C(=O)N2CCCCC2CCCl)c1. The third-order valence-corrected chi connectivity index (χ3v) is 4.17. The summed E-state index contributed by atoms with van der Waals surface area (Å²) in [4.78, 5) is 14.8. The summed E-state index contributed by atoms with van der Waals surface area (Å²) in [5.74, 6) is 0.803. The van der Waals surface area contributed by atoms with E-state index in [1.807, 2.05) is 30.9 Å². The van der Waals surface area contributed by atoms with Crippen LogP contribution in [0.25, 0.3) is 0 Å². The van der Waals surface area contributed by atoms with Crippen LogP contribution in [0.2, 0.25) is 0 Å². The molecule has 1 aliphatic rings. The molecule has 0 aliphatic carbocycles. The summed E-state index contributed by atoms with van der Waals surface area (Å²) in [7, 11) is 0. The number of amides is 1. The topological polar surface area (TPSA) is 20.3 Å². The van der Waals surface area contributed by atoms with Gasteiger partial charge < -0.3 is 4.90 Å². The molecular weight excluding hydrogens is 258 g/mol. The second kappa shape index (κ2) is 6.42. The molecule has 1 atom stereocenters. The molecule has 3 heteroatoms. The average Bonchev–Trinajstić information content (AvgIpc) is 2.42. The third-order valence-electron chi connectivity index (χ3n) is 3.95. The van der Waals surface area contributed by atoms with E-state index in [0.717, 1.165) is 42.5 Å². The van der Waals surface area contributed by atoms with E-state index in [4.69, 9.17) is 11.6 Å². The first kappa shape index (κ1) is 14.4. The van der Waals surface area contributed by atoms with Crippen molar-refractivity contribution >= 4 is 17.5 Å². The number of hydrogen-bond acceptors (Lipinski definition) is 1. The first-order chi connectivity index (χ1) is 9.13. The number of likely N-dealkylation sites (tertiary alicyclic amines) is 1. The van der Waals surface area contributed by atoms with E-state index in [1.165, 1.54) is 6.42 Å². The summed E-state index contributed by atoms with van der Waals surface area (Å²) in [6.45, 7) is 4.91. The van der Waals surface area contributed by atoms with Crippen LogP contribution in [0, 0.1) is 13.8 Å². The number of aryl methyl sites for hydroxylation is 2. The van der Waals surface area contributed by atoms with Gasteiger partial charge in [-0.1, -0.05) is 17.7 Å². The Balaban J connectivity index is 2.23. The predicted molar refractivity (Wildman–Crippen MR) is 79.9 cm³/mol. The number of hydrogen-bond donors (Lipinski definition) is 0. The standard InChI is InChI=1S/C16H22ClNO/c1-12-6-7-13(2)15(11-12)16(19)18-10-4-3-5-14(18)8-9-17/h6-7,11,14H,3-5,8-10H2,1-2H3. The lowest BCUT2D eigenvalue weighted by atomic mass is 9.97. The minimum atomic E-state index is 0.177. The number of piperidine rings is 1. The van der Waals surface area contributed by atoms with Gasteiger partial charge in [-0.2, -0.15) is 0 Å². The number of benzene rings is 1. The van der Waals surface area contributed by atoms with Gasteiger partial charge in [-0.3, -0.25) is 4.79 Å². The van der Waals surface area contributed by atoms with Crippen LogP contribution in [0.3, 0.4) is 0 Å². The molecule has 1 amide bonds. The lowest BCUT2D eigenvalue weighted by molar-refractivity contribution is 0.0608. The summed E-state index contributed by atoms with van der Waals surface area (Å²) >= 11 is 5.87. The number of halogens is 1. The minimum Gasteiger partial charge on any atom is -0.336 e. The summed E-state index contributed by atoms with van der Waals surface area (Å²) in [6, 6.07) is 6.41. The fourth-order valence-electron chi connectivity index (χ4n) is 2.81. The van der Waals surface area contributed by atoms with Crippen molar-refractivity contribution in [1.29, 1.82) is 0 Å². The Morgan fingerprint density at radius 3 is 2.89 bits per heavy atom. The van der Waals surface area contributed by atoms with E-state index in [0.29, 0.717) is 11.9 Å². The molecule has 1 heterocycles. The van der Waals surface area contributed by atoms with E-state index in [9.17, 15) is 4.79 Å². The van der Waals surface area contributed by atoms with Crippen LogP contribution in [0.4, 0.5) is 0 Å². The second-order valence-corrected chi connectivity index (χ2v) is 5.82. The van der Waals surface area contributed by atoms with E-state index in [2.05, 4.69) is 6.07 Å². The molecule has 1 aromatic carbocycles. The quantitative estimate of drug-likeness (QED) is 0.768. The summed E-state index contributed by atoms with van der Waals surface area (Å²) in [6.07, 6.45) is 4.30. The lowest BCUT2D eigenvalue weighted by Crippen LogP contribution is -2.44. The molecule has 0 saturated carbocycles. The highest BCUT2D eigenvalue weighted by Gasteiger charge is 2.27. The van der Waals surface area contributed by atoms with Crippen LogP contribution >= 0.6 is 11.6 Å². The molecule has 0 aromatic heterocycles. The Labute approximate surface area is 120 Å². The lowest BCUT2D eigenvalue weighted by Gasteiger charge is -2.36. The van der Waals surface area contributed by atoms with Gasteiger partial charge in [0.2, 0.25) is 0 Å². The zero-order valence-corrected chi connectivity index (χ0v) is 12.5. The van der Waals surface area contributed by atoms with Crippen LogP contribution < -0.4 is 0 Å². The number of carbonyl (C=O) groups is 1. The van der Waals surface area contributed by atoms with Crippen LogP contribution in [0.1, 0.15) is 47.2 Å². The molecule has 19 heavy (non-hydrogen) atoms. The maximum absolute atomic E-state index is 12.7. The molecule has 2 nitrogen and oxygen atoms in total. The first-order valence-corrected chi connectivity index (χ1v) is 7.61. The van der Waals surface area contributed by atoms with Gasteiger partial charge >= 0.3 is 0 Å². The fraction of sp³-hybridized carbons (Fsp3) is 0.562. The van der Waals surface area contributed by atoms with Crippen molar-refractivity contribution in [2.75, 3.05) is 12.4 Å². The Hall–Kier alpha value is -1.02. The van der Waals surface area contributed by atoms with Crippen molar-refractivity contribution in [3.05, 3.63) is 34.9 Å². The van der Waals surface area contributed by atoms with E-state index < -0.39 is 0 Å². The normalized spacial score (nSPS) is 19.5. The molecule has 1 aromatic rings. The molecule has 1 unspecified atom stereocenters. The number of alkyl halides is 1. The maximum atomic E-state index is 12.7. The van der Waals surface area contributed by atoms with Crippen molar-refractivity contribution in [3.8, 4) is 0 Å². The zero-order chi connectivity index (χ0) is 13.8. The van der Waals surface area contributed by atoms with Crippen molar-refractivity contribution in [3.63, 3.8) is 0 Å². The Kier molecular flexibility index (Phi) is 4.87. The van der Waals surface area contributed by atoms with E-state index in [-0.39, 0.29) is 5.91 Å². The van der Waals surface area contributed by atoms with Crippen molar-refractivity contribution in [1.82, 2.24) is 4.90 Å². The minimum absolute atomic E-state index is 0.177. The smallest absolute Gasteiger partial charge is 0.254 e. The predicted octanol–water partition coefficient (Wildman–Crippen LogP) is 3.93. The first-order valence-electron chi connectivity index (χ1n) is 7.07. The number of carbonyl (C=O) groups excluding carboxylic acids is 1. The number of rotatable bonds is 3. The summed E-state index contributed by atoms with van der Waals surface area (Å²) in [5, 5.41) is 0. The highest BCUT2D eigenvalue weighted by Crippen LogP contribution is 2.23. The third kappa shape index (κ3) is 3.30. The van der Waals surface area contributed by atoms with Gasteiger partial charge in [-0.05, 0) is 51.2 Å². The van der Waals surface area contributed by atoms with E-state index in [1.54, 1.807) is 0 Å². The highest BCUT2D eigenvalue weighted by molar-refractivity contribution is 6.17. The molecule has 0 bridgehead atoms.